The zero-order valence-electron chi connectivity index (χ0n) is 19.3. The summed E-state index contributed by atoms with van der Waals surface area (Å²) in [6.07, 6.45) is 0.358. The lowest BCUT2D eigenvalue weighted by molar-refractivity contribution is -0.117. The third-order valence-corrected chi connectivity index (χ3v) is 7.96. The molecule has 1 aliphatic rings. The molecule has 4 aromatic carbocycles. The fraction of sp³-hybridized carbons (Fsp3) is 0.0690. The summed E-state index contributed by atoms with van der Waals surface area (Å²) < 4.78 is 0. The van der Waals surface area contributed by atoms with Crippen molar-refractivity contribution in [2.75, 3.05) is 10.2 Å². The lowest BCUT2D eigenvalue weighted by Crippen LogP contribution is -2.30. The highest BCUT2D eigenvalue weighted by molar-refractivity contribution is 8.05. The number of fused-ring (bicyclic) bond motifs is 1. The van der Waals surface area contributed by atoms with Gasteiger partial charge in [0.1, 0.15) is 16.7 Å². The minimum atomic E-state index is -0.578. The molecule has 0 aromatic heterocycles. The largest absolute Gasteiger partial charge is 0.321 e. The van der Waals surface area contributed by atoms with Crippen LogP contribution in [-0.4, -0.2) is 17.1 Å². The Labute approximate surface area is 228 Å². The maximum Gasteiger partial charge on any atom is 0.269 e. The lowest BCUT2D eigenvalue weighted by Gasteiger charge is -2.18. The van der Waals surface area contributed by atoms with Gasteiger partial charge in [-0.15, -0.1) is 0 Å². The molecule has 5 nitrogen and oxygen atoms in total. The van der Waals surface area contributed by atoms with Gasteiger partial charge in [0.15, 0.2) is 0 Å². The van der Waals surface area contributed by atoms with Gasteiger partial charge in [-0.25, -0.2) is 0 Å². The zero-order valence-corrected chi connectivity index (χ0v) is 21.6. The van der Waals surface area contributed by atoms with E-state index in [-0.39, 0.29) is 11.5 Å². The summed E-state index contributed by atoms with van der Waals surface area (Å²) in [5.74, 6) is -0.798. The van der Waals surface area contributed by atoms with Gasteiger partial charge in [-0.1, -0.05) is 95.6 Å². The predicted molar refractivity (Wildman–Crippen MR) is 151 cm³/mol. The van der Waals surface area contributed by atoms with Gasteiger partial charge in [-0.3, -0.25) is 14.5 Å². The third kappa shape index (κ3) is 5.07. The Hall–Kier alpha value is -3.76. The van der Waals surface area contributed by atoms with Crippen molar-refractivity contribution >= 4 is 68.9 Å². The Bertz CT molecular complexity index is 1590. The molecule has 37 heavy (non-hydrogen) atoms. The fourth-order valence-electron chi connectivity index (χ4n) is 4.20. The highest BCUT2D eigenvalue weighted by Gasteiger charge is 2.40. The van der Waals surface area contributed by atoms with Crippen molar-refractivity contribution in [1.29, 1.82) is 5.26 Å². The summed E-state index contributed by atoms with van der Waals surface area (Å²) in [6, 6.07) is 29.5. The number of benzene rings is 4. The van der Waals surface area contributed by atoms with Crippen LogP contribution >= 0.6 is 35.0 Å². The lowest BCUT2D eigenvalue weighted by atomic mass is 10.1. The molecule has 4 aromatic rings. The van der Waals surface area contributed by atoms with Gasteiger partial charge in [0.25, 0.3) is 5.91 Å². The number of nitriles is 1. The van der Waals surface area contributed by atoms with E-state index in [1.807, 2.05) is 54.6 Å². The van der Waals surface area contributed by atoms with Gasteiger partial charge in [0, 0.05) is 16.8 Å². The molecule has 1 heterocycles. The predicted octanol–water partition coefficient (Wildman–Crippen LogP) is 7.21. The van der Waals surface area contributed by atoms with E-state index < -0.39 is 11.2 Å². The fourth-order valence-corrected chi connectivity index (χ4v) is 5.83. The number of halogens is 2. The van der Waals surface area contributed by atoms with Crippen LogP contribution in [-0.2, 0) is 16.0 Å². The van der Waals surface area contributed by atoms with Crippen molar-refractivity contribution in [2.24, 2.45) is 0 Å². The van der Waals surface area contributed by atoms with Crippen LogP contribution in [0.1, 0.15) is 5.56 Å². The van der Waals surface area contributed by atoms with E-state index in [1.165, 1.54) is 16.7 Å². The van der Waals surface area contributed by atoms with Crippen LogP contribution in [0.15, 0.2) is 102 Å². The number of carbonyl (C=O) groups is 2. The van der Waals surface area contributed by atoms with E-state index in [1.54, 1.807) is 42.5 Å². The molecule has 0 saturated carbocycles. The van der Waals surface area contributed by atoms with E-state index in [2.05, 4.69) is 5.32 Å². The van der Waals surface area contributed by atoms with Crippen LogP contribution in [0.25, 0.3) is 10.8 Å². The number of amides is 2. The summed E-state index contributed by atoms with van der Waals surface area (Å²) in [4.78, 5) is 28.5. The molecule has 182 valence electrons. The first-order valence-electron chi connectivity index (χ1n) is 11.4. The van der Waals surface area contributed by atoms with Gasteiger partial charge in [-0.05, 0) is 47.7 Å². The van der Waals surface area contributed by atoms with E-state index in [0.717, 1.165) is 16.3 Å². The smallest absolute Gasteiger partial charge is 0.269 e. The highest BCUT2D eigenvalue weighted by Crippen LogP contribution is 2.42. The van der Waals surface area contributed by atoms with Gasteiger partial charge < -0.3 is 5.32 Å². The van der Waals surface area contributed by atoms with E-state index in [9.17, 15) is 14.9 Å². The standard InChI is InChI=1S/C29H19Cl2N3O2S/c30-23-14-13-18(15-24(23)31)16-26-28(36)34(20-9-2-1-3-10-20)29(37-26)22(17-32)27(35)33-25-12-6-8-19-7-4-5-11-21(19)25/h1-15,26H,16H2,(H,33,35). The Balaban J connectivity index is 1.53. The molecule has 8 heteroatoms. The zero-order chi connectivity index (χ0) is 25.9. The minimum absolute atomic E-state index is 0.133. The summed E-state index contributed by atoms with van der Waals surface area (Å²) >= 11 is 13.4. The van der Waals surface area contributed by atoms with E-state index >= 15 is 0 Å². The van der Waals surface area contributed by atoms with Crippen molar-refractivity contribution in [3.63, 3.8) is 0 Å². The number of nitrogens with zero attached hydrogens (tertiary/aromatic N) is 2. The number of para-hydroxylation sites is 1. The number of nitrogens with one attached hydrogen (secondary N) is 1. The normalized spacial score (nSPS) is 16.5. The number of carbonyl (C=O) groups excluding carboxylic acids is 2. The van der Waals surface area contributed by atoms with E-state index in [0.29, 0.717) is 32.9 Å². The maximum absolute atomic E-state index is 13.6. The molecule has 1 N–H and O–H groups in total. The molecule has 0 aliphatic carbocycles. The second-order valence-electron chi connectivity index (χ2n) is 8.34. The second-order valence-corrected chi connectivity index (χ2v) is 10.3. The van der Waals surface area contributed by atoms with Crippen LogP contribution in [0.2, 0.25) is 10.0 Å². The van der Waals surface area contributed by atoms with Gasteiger partial charge in [0.05, 0.1) is 15.3 Å². The molecule has 0 radical (unpaired) electrons. The summed E-state index contributed by atoms with van der Waals surface area (Å²) in [5, 5.41) is 15.4. The average molecular weight is 544 g/mol. The molecule has 0 bridgehead atoms. The van der Waals surface area contributed by atoms with Crippen molar-refractivity contribution < 1.29 is 9.59 Å². The van der Waals surface area contributed by atoms with Gasteiger partial charge in [0.2, 0.25) is 5.91 Å². The van der Waals surface area contributed by atoms with Crippen molar-refractivity contribution in [2.45, 2.75) is 11.7 Å². The van der Waals surface area contributed by atoms with Gasteiger partial charge in [-0.2, -0.15) is 5.26 Å². The first kappa shape index (κ1) is 24.9. The van der Waals surface area contributed by atoms with Crippen LogP contribution in [0.3, 0.4) is 0 Å². The highest BCUT2D eigenvalue weighted by atomic mass is 35.5. The molecule has 1 aliphatic heterocycles. The molecule has 1 fully saturated rings. The number of hydrogen-bond donors (Lipinski definition) is 1. The number of rotatable bonds is 5. The van der Waals surface area contributed by atoms with Crippen LogP contribution < -0.4 is 10.2 Å². The molecule has 0 spiro atoms. The Morgan fingerprint density at radius 1 is 0.946 bits per heavy atom. The molecule has 1 atom stereocenters. The molecular formula is C29H19Cl2N3O2S. The van der Waals surface area contributed by atoms with Crippen molar-refractivity contribution in [1.82, 2.24) is 0 Å². The molecule has 1 saturated heterocycles. The number of hydrogen-bond acceptors (Lipinski definition) is 4. The second kappa shape index (κ2) is 10.7. The van der Waals surface area contributed by atoms with Crippen LogP contribution in [0, 0.1) is 11.3 Å². The molecule has 2 amide bonds. The first-order chi connectivity index (χ1) is 18.0. The SMILES string of the molecule is N#CC(C(=O)Nc1cccc2ccccc12)=C1SC(Cc2ccc(Cl)c(Cl)c2)C(=O)N1c1ccccc1. The van der Waals surface area contributed by atoms with Crippen molar-refractivity contribution in [3.05, 3.63) is 117 Å². The van der Waals surface area contributed by atoms with E-state index in [4.69, 9.17) is 23.2 Å². The summed E-state index contributed by atoms with van der Waals surface area (Å²) in [7, 11) is 0. The number of anilines is 2. The van der Waals surface area contributed by atoms with Crippen LogP contribution in [0.5, 0.6) is 0 Å². The molecule has 1 unspecified atom stereocenters. The Kier molecular flexibility index (Phi) is 7.20. The Morgan fingerprint density at radius 2 is 1.68 bits per heavy atom. The average Bonchev–Trinajstić information content (AvgIpc) is 3.22. The monoisotopic (exact) mass is 543 g/mol. The van der Waals surface area contributed by atoms with Crippen LogP contribution in [0.4, 0.5) is 11.4 Å². The number of thioether (sulfide) groups is 1. The van der Waals surface area contributed by atoms with Crippen molar-refractivity contribution in [3.8, 4) is 6.07 Å². The van der Waals surface area contributed by atoms with Gasteiger partial charge >= 0.3 is 0 Å². The molecule has 5 rings (SSSR count). The minimum Gasteiger partial charge on any atom is -0.321 e. The summed E-state index contributed by atoms with van der Waals surface area (Å²) in [6.45, 7) is 0. The molecular weight excluding hydrogens is 525 g/mol. The summed E-state index contributed by atoms with van der Waals surface area (Å²) in [5.41, 5.74) is 1.86. The third-order valence-electron chi connectivity index (χ3n) is 5.96. The maximum atomic E-state index is 13.6. The Morgan fingerprint density at radius 3 is 2.43 bits per heavy atom. The quantitative estimate of drug-likeness (QED) is 0.213. The first-order valence-corrected chi connectivity index (χ1v) is 13.0. The topological polar surface area (TPSA) is 73.2 Å².